The topological polar surface area (TPSA) is 12.0 Å². The van der Waals surface area contributed by atoms with Gasteiger partial charge in [0.15, 0.2) is 0 Å². The summed E-state index contributed by atoms with van der Waals surface area (Å²) in [6.07, 6.45) is 0. The maximum atomic E-state index is 3.18. The fraction of sp³-hybridized carbons (Fsp3) is 1.00. The van der Waals surface area contributed by atoms with Crippen molar-refractivity contribution < 1.29 is 0 Å². The summed E-state index contributed by atoms with van der Waals surface area (Å²) < 4.78 is 0. The molecule has 1 fully saturated rings. The lowest BCUT2D eigenvalue weighted by molar-refractivity contribution is 0.677. The van der Waals surface area contributed by atoms with Crippen LogP contribution >= 0.6 is 11.8 Å². The van der Waals surface area contributed by atoms with E-state index in [9.17, 15) is 0 Å². The molecule has 1 saturated heterocycles. The molecule has 0 aromatic rings. The minimum atomic E-state index is 0.458. The van der Waals surface area contributed by atoms with E-state index in [1.54, 1.807) is 0 Å². The SMILES string of the molecule is CNC1(C)CS1. The van der Waals surface area contributed by atoms with Gasteiger partial charge in [-0.2, -0.15) is 0 Å². The standard InChI is InChI=1S/C4H9NS/c1-4(5-2)3-6-4/h5H,3H2,1-2H3. The van der Waals surface area contributed by atoms with Gasteiger partial charge in [0.2, 0.25) is 0 Å². The minimum absolute atomic E-state index is 0.458. The lowest BCUT2D eigenvalue weighted by Gasteiger charge is -1.98. The van der Waals surface area contributed by atoms with Gasteiger partial charge in [-0.15, -0.1) is 11.8 Å². The monoisotopic (exact) mass is 103 g/mol. The average molecular weight is 103 g/mol. The molecule has 1 rings (SSSR count). The van der Waals surface area contributed by atoms with E-state index in [0.29, 0.717) is 4.87 Å². The van der Waals surface area contributed by atoms with Crippen LogP contribution in [0.2, 0.25) is 0 Å². The molecule has 0 saturated carbocycles. The van der Waals surface area contributed by atoms with Crippen molar-refractivity contribution in [1.29, 1.82) is 0 Å². The highest BCUT2D eigenvalue weighted by atomic mass is 32.2. The van der Waals surface area contributed by atoms with Crippen molar-refractivity contribution in [1.82, 2.24) is 5.32 Å². The average Bonchev–Trinajstić information content (AvgIpc) is 2.22. The van der Waals surface area contributed by atoms with Gasteiger partial charge in [-0.3, -0.25) is 0 Å². The van der Waals surface area contributed by atoms with Gasteiger partial charge in [0.25, 0.3) is 0 Å². The van der Waals surface area contributed by atoms with Crippen LogP contribution in [-0.4, -0.2) is 17.7 Å². The van der Waals surface area contributed by atoms with Gasteiger partial charge >= 0.3 is 0 Å². The Kier molecular flexibility index (Phi) is 0.848. The van der Waals surface area contributed by atoms with Gasteiger partial charge < -0.3 is 5.32 Å². The first-order chi connectivity index (χ1) is 2.77. The highest BCUT2D eigenvalue weighted by Crippen LogP contribution is 2.40. The molecular weight excluding hydrogens is 94.1 g/mol. The predicted octanol–water partition coefficient (Wildman–Crippen LogP) is 0.669. The second kappa shape index (κ2) is 1.14. The van der Waals surface area contributed by atoms with Crippen molar-refractivity contribution in [3.05, 3.63) is 0 Å². The molecule has 0 aliphatic carbocycles. The Hall–Kier alpha value is 0.310. The van der Waals surface area contributed by atoms with Crippen LogP contribution in [0.1, 0.15) is 6.92 Å². The Balaban J connectivity index is 2.28. The Bertz CT molecular complexity index is 58.6. The summed E-state index contributed by atoms with van der Waals surface area (Å²) in [5.74, 6) is 1.28. The van der Waals surface area contributed by atoms with Gasteiger partial charge in [-0.05, 0) is 14.0 Å². The minimum Gasteiger partial charge on any atom is -0.305 e. The number of thioether (sulfide) groups is 1. The molecule has 1 aliphatic heterocycles. The van der Waals surface area contributed by atoms with Crippen LogP contribution < -0.4 is 5.32 Å². The zero-order chi connectivity index (χ0) is 4.62. The fourth-order valence-corrected chi connectivity index (χ4v) is 0.758. The van der Waals surface area contributed by atoms with Crippen molar-refractivity contribution in [3.63, 3.8) is 0 Å². The molecule has 0 aromatic carbocycles. The normalized spacial score (nSPS) is 43.0. The Morgan fingerprint density at radius 3 is 2.33 bits per heavy atom. The summed E-state index contributed by atoms with van der Waals surface area (Å²) >= 11 is 1.96. The van der Waals surface area contributed by atoms with Crippen LogP contribution in [0, 0.1) is 0 Å². The molecule has 1 unspecified atom stereocenters. The smallest absolute Gasteiger partial charge is 0.0707 e. The molecule has 0 amide bonds. The van der Waals surface area contributed by atoms with E-state index < -0.39 is 0 Å². The van der Waals surface area contributed by atoms with Crippen LogP contribution in [0.4, 0.5) is 0 Å². The third kappa shape index (κ3) is 0.684. The molecule has 6 heavy (non-hydrogen) atoms. The largest absolute Gasteiger partial charge is 0.305 e. The van der Waals surface area contributed by atoms with E-state index in [1.165, 1.54) is 5.75 Å². The molecule has 1 heterocycles. The quantitative estimate of drug-likeness (QED) is 0.489. The van der Waals surface area contributed by atoms with Gasteiger partial charge in [0, 0.05) is 5.75 Å². The lowest BCUT2D eigenvalue weighted by Crippen LogP contribution is -2.22. The van der Waals surface area contributed by atoms with Crippen LogP contribution in [0.3, 0.4) is 0 Å². The van der Waals surface area contributed by atoms with Crippen LogP contribution in [-0.2, 0) is 0 Å². The Morgan fingerprint density at radius 2 is 2.33 bits per heavy atom. The highest BCUT2D eigenvalue weighted by molar-refractivity contribution is 8.07. The van der Waals surface area contributed by atoms with Crippen LogP contribution in [0.5, 0.6) is 0 Å². The van der Waals surface area contributed by atoms with Crippen LogP contribution in [0.15, 0.2) is 0 Å². The van der Waals surface area contributed by atoms with Crippen molar-refractivity contribution in [2.45, 2.75) is 11.8 Å². The van der Waals surface area contributed by atoms with E-state index in [-0.39, 0.29) is 0 Å². The molecule has 1 nitrogen and oxygen atoms in total. The number of nitrogens with one attached hydrogen (secondary N) is 1. The third-order valence-electron chi connectivity index (χ3n) is 1.11. The molecule has 0 spiro atoms. The van der Waals surface area contributed by atoms with Crippen LogP contribution in [0.25, 0.3) is 0 Å². The van der Waals surface area contributed by atoms with Crippen molar-refractivity contribution in [2.75, 3.05) is 12.8 Å². The molecule has 36 valence electrons. The molecule has 0 aromatic heterocycles. The van der Waals surface area contributed by atoms with Crippen molar-refractivity contribution in [3.8, 4) is 0 Å². The van der Waals surface area contributed by atoms with Gasteiger partial charge in [-0.1, -0.05) is 0 Å². The first kappa shape index (κ1) is 4.47. The lowest BCUT2D eigenvalue weighted by atomic mass is 10.4. The Morgan fingerprint density at radius 1 is 1.83 bits per heavy atom. The summed E-state index contributed by atoms with van der Waals surface area (Å²) in [4.78, 5) is 0.458. The van der Waals surface area contributed by atoms with E-state index in [2.05, 4.69) is 12.2 Å². The van der Waals surface area contributed by atoms with Crippen molar-refractivity contribution >= 4 is 11.8 Å². The van der Waals surface area contributed by atoms with Gasteiger partial charge in [-0.25, -0.2) is 0 Å². The molecule has 1 N–H and O–H groups in total. The van der Waals surface area contributed by atoms with E-state index in [1.807, 2.05) is 18.8 Å². The third-order valence-corrected chi connectivity index (χ3v) is 2.47. The molecule has 0 bridgehead atoms. The summed E-state index contributed by atoms with van der Waals surface area (Å²) in [7, 11) is 2.00. The highest BCUT2D eigenvalue weighted by Gasteiger charge is 2.36. The first-order valence-electron chi connectivity index (χ1n) is 2.10. The second-order valence-electron chi connectivity index (χ2n) is 1.77. The summed E-state index contributed by atoms with van der Waals surface area (Å²) in [5.41, 5.74) is 0. The maximum Gasteiger partial charge on any atom is 0.0707 e. The fourth-order valence-electron chi connectivity index (χ4n) is 0.253. The summed E-state index contributed by atoms with van der Waals surface area (Å²) in [6.45, 7) is 2.21. The maximum absolute atomic E-state index is 3.18. The molecule has 1 aliphatic rings. The molecule has 0 radical (unpaired) electrons. The zero-order valence-corrected chi connectivity index (χ0v) is 4.93. The van der Waals surface area contributed by atoms with Gasteiger partial charge in [0.05, 0.1) is 4.87 Å². The zero-order valence-electron chi connectivity index (χ0n) is 4.12. The molecule has 1 atom stereocenters. The van der Waals surface area contributed by atoms with E-state index in [0.717, 1.165) is 0 Å². The summed E-state index contributed by atoms with van der Waals surface area (Å²) in [5, 5.41) is 3.18. The Labute approximate surface area is 42.5 Å². The van der Waals surface area contributed by atoms with Gasteiger partial charge in [0.1, 0.15) is 0 Å². The first-order valence-corrected chi connectivity index (χ1v) is 3.08. The predicted molar refractivity (Wildman–Crippen MR) is 29.9 cm³/mol. The van der Waals surface area contributed by atoms with E-state index >= 15 is 0 Å². The molecular formula is C4H9NS. The number of hydrogen-bond donors (Lipinski definition) is 1. The number of rotatable bonds is 1. The van der Waals surface area contributed by atoms with E-state index in [4.69, 9.17) is 0 Å². The number of hydrogen-bond acceptors (Lipinski definition) is 2. The summed E-state index contributed by atoms with van der Waals surface area (Å²) in [6, 6.07) is 0. The second-order valence-corrected chi connectivity index (χ2v) is 3.25. The molecule has 2 heteroatoms. The van der Waals surface area contributed by atoms with Crippen molar-refractivity contribution in [2.24, 2.45) is 0 Å².